The highest BCUT2D eigenvalue weighted by Crippen LogP contribution is 2.27. The molecule has 3 nitrogen and oxygen atoms in total. The molecule has 2 rings (SSSR count). The van der Waals surface area contributed by atoms with Gasteiger partial charge in [0.2, 0.25) is 5.91 Å². The maximum Gasteiger partial charge on any atom is 0.219 e. The number of benzene rings is 1. The van der Waals surface area contributed by atoms with Gasteiger partial charge in [-0.05, 0) is 30.5 Å². The van der Waals surface area contributed by atoms with Crippen molar-refractivity contribution in [3.8, 4) is 0 Å². The van der Waals surface area contributed by atoms with Crippen LogP contribution in [-0.2, 0) is 4.79 Å². The molecule has 0 aliphatic carbocycles. The number of anilines is 1. The average molecular weight is 218 g/mol. The van der Waals surface area contributed by atoms with E-state index in [9.17, 15) is 4.79 Å². The van der Waals surface area contributed by atoms with Crippen molar-refractivity contribution in [2.24, 2.45) is 0 Å². The summed E-state index contributed by atoms with van der Waals surface area (Å²) in [4.78, 5) is 13.3. The number of nitrogens with two attached hydrogens (primary N) is 1. The van der Waals surface area contributed by atoms with Gasteiger partial charge in [-0.15, -0.1) is 0 Å². The van der Waals surface area contributed by atoms with Crippen LogP contribution in [0.15, 0.2) is 24.3 Å². The van der Waals surface area contributed by atoms with Crippen LogP contribution >= 0.6 is 0 Å². The molecule has 0 bridgehead atoms. The van der Waals surface area contributed by atoms with Crippen molar-refractivity contribution in [1.29, 1.82) is 0 Å². The summed E-state index contributed by atoms with van der Waals surface area (Å²) in [6.07, 6.45) is 2.25. The molecule has 86 valence electrons. The van der Waals surface area contributed by atoms with E-state index in [2.05, 4.69) is 12.1 Å². The molecular formula is C13H18N2O. The lowest BCUT2D eigenvalue weighted by atomic mass is 9.90. The molecule has 0 radical (unpaired) electrons. The summed E-state index contributed by atoms with van der Waals surface area (Å²) >= 11 is 0. The lowest BCUT2D eigenvalue weighted by Crippen LogP contribution is -2.37. The lowest BCUT2D eigenvalue weighted by molar-refractivity contribution is -0.130. The fourth-order valence-corrected chi connectivity index (χ4v) is 2.30. The van der Waals surface area contributed by atoms with E-state index in [1.165, 1.54) is 5.56 Å². The van der Waals surface area contributed by atoms with Crippen LogP contribution in [0.5, 0.6) is 0 Å². The van der Waals surface area contributed by atoms with Gasteiger partial charge >= 0.3 is 0 Å². The number of hydrogen-bond acceptors (Lipinski definition) is 2. The van der Waals surface area contributed by atoms with Crippen LogP contribution in [0.1, 0.15) is 31.2 Å². The van der Waals surface area contributed by atoms with Gasteiger partial charge in [-0.1, -0.05) is 12.1 Å². The van der Waals surface area contributed by atoms with Crippen LogP contribution in [0.25, 0.3) is 0 Å². The van der Waals surface area contributed by atoms with Gasteiger partial charge in [0, 0.05) is 31.6 Å². The molecule has 1 aromatic rings. The van der Waals surface area contributed by atoms with Gasteiger partial charge in [0.25, 0.3) is 0 Å². The summed E-state index contributed by atoms with van der Waals surface area (Å²) in [5.41, 5.74) is 7.75. The Morgan fingerprint density at radius 2 is 2.06 bits per heavy atom. The van der Waals surface area contributed by atoms with E-state index in [0.717, 1.165) is 31.6 Å². The van der Waals surface area contributed by atoms with Crippen molar-refractivity contribution in [1.82, 2.24) is 4.90 Å². The first-order valence-electron chi connectivity index (χ1n) is 5.78. The quantitative estimate of drug-likeness (QED) is 0.733. The number of carbonyl (C=O) groups is 1. The SMILES string of the molecule is CC(=O)N1CCCC(c2ccc(N)cc2)C1. The Bertz CT molecular complexity index is 372. The zero-order chi connectivity index (χ0) is 11.5. The van der Waals surface area contributed by atoms with Crippen molar-refractivity contribution in [2.45, 2.75) is 25.7 Å². The molecule has 0 aromatic heterocycles. The highest BCUT2D eigenvalue weighted by atomic mass is 16.2. The highest BCUT2D eigenvalue weighted by molar-refractivity contribution is 5.73. The monoisotopic (exact) mass is 218 g/mol. The maximum absolute atomic E-state index is 11.3. The van der Waals surface area contributed by atoms with Gasteiger partial charge in [-0.2, -0.15) is 0 Å². The topological polar surface area (TPSA) is 46.3 Å². The summed E-state index contributed by atoms with van der Waals surface area (Å²) in [7, 11) is 0. The minimum absolute atomic E-state index is 0.181. The summed E-state index contributed by atoms with van der Waals surface area (Å²) < 4.78 is 0. The Balaban J connectivity index is 2.09. The molecule has 1 fully saturated rings. The second-order valence-electron chi connectivity index (χ2n) is 4.47. The molecule has 16 heavy (non-hydrogen) atoms. The Morgan fingerprint density at radius 1 is 1.38 bits per heavy atom. The second kappa shape index (κ2) is 4.56. The Labute approximate surface area is 96.2 Å². The number of nitrogens with zero attached hydrogens (tertiary/aromatic N) is 1. The molecule has 0 spiro atoms. The fourth-order valence-electron chi connectivity index (χ4n) is 2.30. The standard InChI is InChI=1S/C13H18N2O/c1-10(16)15-8-2-3-12(9-15)11-4-6-13(14)7-5-11/h4-7,12H,2-3,8-9,14H2,1H3. The van der Waals surface area contributed by atoms with Gasteiger partial charge < -0.3 is 10.6 Å². The van der Waals surface area contributed by atoms with Gasteiger partial charge in [0.05, 0.1) is 0 Å². The predicted octanol–water partition coefficient (Wildman–Crippen LogP) is 1.99. The Kier molecular flexibility index (Phi) is 3.13. The van der Waals surface area contributed by atoms with Crippen LogP contribution in [0.4, 0.5) is 5.69 Å². The summed E-state index contributed by atoms with van der Waals surface area (Å²) in [5, 5.41) is 0. The van der Waals surface area contributed by atoms with Crippen molar-refractivity contribution in [2.75, 3.05) is 18.8 Å². The summed E-state index contributed by atoms with van der Waals surface area (Å²) in [6.45, 7) is 3.39. The van der Waals surface area contributed by atoms with E-state index in [1.54, 1.807) is 6.92 Å². The molecule has 1 aromatic carbocycles. The van der Waals surface area contributed by atoms with E-state index in [-0.39, 0.29) is 5.91 Å². The third-order valence-electron chi connectivity index (χ3n) is 3.27. The smallest absolute Gasteiger partial charge is 0.219 e. The van der Waals surface area contributed by atoms with Crippen LogP contribution in [-0.4, -0.2) is 23.9 Å². The summed E-state index contributed by atoms with van der Waals surface area (Å²) in [5.74, 6) is 0.651. The first-order chi connectivity index (χ1) is 7.66. The first kappa shape index (κ1) is 11.0. The van der Waals surface area contributed by atoms with Gasteiger partial charge in [-0.3, -0.25) is 4.79 Å². The van der Waals surface area contributed by atoms with Crippen molar-refractivity contribution in [3.63, 3.8) is 0 Å². The zero-order valence-electron chi connectivity index (χ0n) is 9.65. The molecule has 1 amide bonds. The molecule has 1 saturated heterocycles. The van der Waals surface area contributed by atoms with E-state index < -0.39 is 0 Å². The van der Waals surface area contributed by atoms with Crippen LogP contribution in [0, 0.1) is 0 Å². The third-order valence-corrected chi connectivity index (χ3v) is 3.27. The van der Waals surface area contributed by atoms with Gasteiger partial charge in [-0.25, -0.2) is 0 Å². The maximum atomic E-state index is 11.3. The second-order valence-corrected chi connectivity index (χ2v) is 4.47. The number of rotatable bonds is 1. The molecular weight excluding hydrogens is 200 g/mol. The Hall–Kier alpha value is -1.51. The largest absolute Gasteiger partial charge is 0.399 e. The zero-order valence-corrected chi connectivity index (χ0v) is 9.65. The molecule has 1 heterocycles. The number of amides is 1. The molecule has 1 aliphatic heterocycles. The normalized spacial score (nSPS) is 20.8. The fraction of sp³-hybridized carbons (Fsp3) is 0.462. The predicted molar refractivity (Wildman–Crippen MR) is 65.1 cm³/mol. The van der Waals surface area contributed by atoms with Crippen molar-refractivity contribution in [3.05, 3.63) is 29.8 Å². The van der Waals surface area contributed by atoms with Gasteiger partial charge in [0.15, 0.2) is 0 Å². The molecule has 3 heteroatoms. The number of carbonyl (C=O) groups excluding carboxylic acids is 1. The number of likely N-dealkylation sites (tertiary alicyclic amines) is 1. The minimum atomic E-state index is 0.181. The minimum Gasteiger partial charge on any atom is -0.399 e. The van der Waals surface area contributed by atoms with Crippen LogP contribution in [0.3, 0.4) is 0 Å². The van der Waals surface area contributed by atoms with Crippen LogP contribution in [0.2, 0.25) is 0 Å². The van der Waals surface area contributed by atoms with Gasteiger partial charge in [0.1, 0.15) is 0 Å². The number of nitrogen functional groups attached to an aromatic ring is 1. The summed E-state index contributed by atoms with van der Waals surface area (Å²) in [6, 6.07) is 8.01. The van der Waals surface area contributed by atoms with Crippen molar-refractivity contribution >= 4 is 11.6 Å². The van der Waals surface area contributed by atoms with E-state index >= 15 is 0 Å². The highest BCUT2D eigenvalue weighted by Gasteiger charge is 2.22. The number of hydrogen-bond donors (Lipinski definition) is 1. The number of piperidine rings is 1. The Morgan fingerprint density at radius 3 is 2.69 bits per heavy atom. The molecule has 2 N–H and O–H groups in total. The molecule has 1 aliphatic rings. The molecule has 1 atom stereocenters. The van der Waals surface area contributed by atoms with E-state index in [0.29, 0.717) is 5.92 Å². The van der Waals surface area contributed by atoms with Crippen molar-refractivity contribution < 1.29 is 4.79 Å². The molecule has 0 saturated carbocycles. The third kappa shape index (κ3) is 2.35. The molecule has 1 unspecified atom stereocenters. The first-order valence-corrected chi connectivity index (χ1v) is 5.78. The van der Waals surface area contributed by atoms with E-state index in [1.807, 2.05) is 17.0 Å². The van der Waals surface area contributed by atoms with Crippen LogP contribution < -0.4 is 5.73 Å². The van der Waals surface area contributed by atoms with E-state index in [4.69, 9.17) is 5.73 Å². The average Bonchev–Trinajstić information content (AvgIpc) is 2.30. The lowest BCUT2D eigenvalue weighted by Gasteiger charge is -2.32.